The van der Waals surface area contributed by atoms with Crippen LogP contribution in [-0.2, 0) is 9.59 Å². The lowest BCUT2D eigenvalue weighted by molar-refractivity contribution is -0.144. The Bertz CT molecular complexity index is 264. The largest absolute Gasteiger partial charge is 0.342 e. The van der Waals surface area contributed by atoms with Gasteiger partial charge in [0.1, 0.15) is 0 Å². The van der Waals surface area contributed by atoms with Gasteiger partial charge in [-0.1, -0.05) is 13.3 Å². The van der Waals surface area contributed by atoms with E-state index in [2.05, 4.69) is 0 Å². The molecule has 0 bridgehead atoms. The summed E-state index contributed by atoms with van der Waals surface area (Å²) in [5.74, 6) is 0.307. The fourth-order valence-electron chi connectivity index (χ4n) is 1.74. The highest BCUT2D eigenvalue weighted by atomic mass is 16.2. The third-order valence-electron chi connectivity index (χ3n) is 3.18. The van der Waals surface area contributed by atoms with Crippen molar-refractivity contribution in [2.75, 3.05) is 33.2 Å². The molecule has 0 saturated carbocycles. The van der Waals surface area contributed by atoms with Crippen molar-refractivity contribution in [1.82, 2.24) is 9.80 Å². The van der Waals surface area contributed by atoms with Gasteiger partial charge in [0, 0.05) is 26.6 Å². The topological polar surface area (TPSA) is 66.6 Å². The highest BCUT2D eigenvalue weighted by Gasteiger charge is 2.25. The lowest BCUT2D eigenvalue weighted by Gasteiger charge is -2.32. The molecule has 5 nitrogen and oxygen atoms in total. The van der Waals surface area contributed by atoms with Crippen LogP contribution < -0.4 is 5.73 Å². The average molecular weight is 227 g/mol. The summed E-state index contributed by atoms with van der Waals surface area (Å²) in [5.41, 5.74) is 5.56. The van der Waals surface area contributed by atoms with E-state index >= 15 is 0 Å². The summed E-state index contributed by atoms with van der Waals surface area (Å²) in [6.07, 6.45) is 1.37. The Morgan fingerprint density at radius 2 is 2.19 bits per heavy atom. The van der Waals surface area contributed by atoms with Crippen LogP contribution in [0, 0.1) is 5.92 Å². The molecule has 0 aromatic carbocycles. The van der Waals surface area contributed by atoms with Gasteiger partial charge in [0.05, 0.1) is 6.54 Å². The second-order valence-corrected chi connectivity index (χ2v) is 4.34. The third kappa shape index (κ3) is 3.20. The number of hydrogen-bond acceptors (Lipinski definition) is 3. The minimum absolute atomic E-state index is 0.0143. The maximum Gasteiger partial charge on any atom is 0.241 e. The van der Waals surface area contributed by atoms with Crippen molar-refractivity contribution in [3.63, 3.8) is 0 Å². The van der Waals surface area contributed by atoms with Crippen LogP contribution in [0.2, 0.25) is 0 Å². The molecule has 1 saturated heterocycles. The predicted octanol–water partition coefficient (Wildman–Crippen LogP) is -0.338. The van der Waals surface area contributed by atoms with Crippen molar-refractivity contribution in [3.8, 4) is 0 Å². The first-order valence-electron chi connectivity index (χ1n) is 5.80. The Morgan fingerprint density at radius 1 is 1.50 bits per heavy atom. The quantitative estimate of drug-likeness (QED) is 0.714. The van der Waals surface area contributed by atoms with Crippen LogP contribution in [0.4, 0.5) is 0 Å². The average Bonchev–Trinajstić information content (AvgIpc) is 2.29. The molecule has 16 heavy (non-hydrogen) atoms. The predicted molar refractivity (Wildman–Crippen MR) is 61.7 cm³/mol. The van der Waals surface area contributed by atoms with Gasteiger partial charge in [-0.15, -0.1) is 0 Å². The maximum absolute atomic E-state index is 11.9. The zero-order chi connectivity index (χ0) is 12.1. The van der Waals surface area contributed by atoms with E-state index in [1.165, 1.54) is 0 Å². The van der Waals surface area contributed by atoms with Crippen molar-refractivity contribution in [3.05, 3.63) is 0 Å². The number of carbonyl (C=O) groups excluding carboxylic acids is 2. The van der Waals surface area contributed by atoms with Gasteiger partial charge in [-0.3, -0.25) is 9.59 Å². The zero-order valence-electron chi connectivity index (χ0n) is 10.1. The molecular weight excluding hydrogens is 206 g/mol. The molecule has 1 atom stereocenters. The fraction of sp³-hybridized carbons (Fsp3) is 0.818. The number of nitrogens with two attached hydrogens (primary N) is 1. The minimum atomic E-state index is 0.0143. The van der Waals surface area contributed by atoms with Gasteiger partial charge < -0.3 is 15.5 Å². The van der Waals surface area contributed by atoms with Gasteiger partial charge in [-0.25, -0.2) is 0 Å². The molecule has 1 aliphatic heterocycles. The molecule has 0 radical (unpaired) electrons. The first-order valence-corrected chi connectivity index (χ1v) is 5.80. The summed E-state index contributed by atoms with van der Waals surface area (Å²) in [4.78, 5) is 26.6. The number of piperazine rings is 1. The number of amides is 2. The lowest BCUT2D eigenvalue weighted by atomic mass is 10.0. The molecule has 5 heteroatoms. The maximum atomic E-state index is 11.9. The van der Waals surface area contributed by atoms with Crippen molar-refractivity contribution >= 4 is 11.8 Å². The third-order valence-corrected chi connectivity index (χ3v) is 3.18. The van der Waals surface area contributed by atoms with E-state index in [-0.39, 0.29) is 24.3 Å². The van der Waals surface area contributed by atoms with Crippen molar-refractivity contribution < 1.29 is 9.59 Å². The number of hydrogen-bond donors (Lipinski definition) is 1. The van der Waals surface area contributed by atoms with Crippen LogP contribution >= 0.6 is 0 Å². The summed E-state index contributed by atoms with van der Waals surface area (Å²) in [5, 5.41) is 0. The number of likely N-dealkylation sites (N-methyl/N-ethyl adjacent to an activating group) is 1. The Kier molecular flexibility index (Phi) is 4.73. The minimum Gasteiger partial charge on any atom is -0.342 e. The Balaban J connectivity index is 2.45. The van der Waals surface area contributed by atoms with Crippen LogP contribution in [0.25, 0.3) is 0 Å². The molecule has 0 aliphatic carbocycles. The summed E-state index contributed by atoms with van der Waals surface area (Å²) in [7, 11) is 1.76. The molecular formula is C11H21N3O2. The molecule has 0 spiro atoms. The SMILES string of the molecule is CCC(CN)CC(=O)N1CCN(C)C(=O)C1. The van der Waals surface area contributed by atoms with Gasteiger partial charge in [-0.05, 0) is 12.5 Å². The molecule has 1 aliphatic rings. The van der Waals surface area contributed by atoms with Gasteiger partial charge in [0.2, 0.25) is 11.8 Å². The van der Waals surface area contributed by atoms with Crippen LogP contribution in [0.5, 0.6) is 0 Å². The molecule has 1 unspecified atom stereocenters. The van der Waals surface area contributed by atoms with Gasteiger partial charge in [0.15, 0.2) is 0 Å². The Morgan fingerprint density at radius 3 is 2.69 bits per heavy atom. The summed E-state index contributed by atoms with van der Waals surface area (Å²) < 4.78 is 0. The lowest BCUT2D eigenvalue weighted by Crippen LogP contribution is -2.51. The van der Waals surface area contributed by atoms with Crippen molar-refractivity contribution in [2.24, 2.45) is 11.7 Å². The number of carbonyl (C=O) groups is 2. The number of rotatable bonds is 4. The van der Waals surface area contributed by atoms with E-state index in [0.29, 0.717) is 26.1 Å². The van der Waals surface area contributed by atoms with Gasteiger partial charge in [0.25, 0.3) is 0 Å². The summed E-state index contributed by atoms with van der Waals surface area (Å²) >= 11 is 0. The highest BCUT2D eigenvalue weighted by Crippen LogP contribution is 2.10. The molecule has 0 aromatic rings. The van der Waals surface area contributed by atoms with E-state index < -0.39 is 0 Å². The van der Waals surface area contributed by atoms with E-state index in [1.807, 2.05) is 6.92 Å². The van der Waals surface area contributed by atoms with Crippen LogP contribution in [0.3, 0.4) is 0 Å². The molecule has 1 heterocycles. The van der Waals surface area contributed by atoms with Gasteiger partial charge >= 0.3 is 0 Å². The second-order valence-electron chi connectivity index (χ2n) is 4.34. The zero-order valence-corrected chi connectivity index (χ0v) is 10.1. The monoisotopic (exact) mass is 227 g/mol. The Hall–Kier alpha value is -1.10. The van der Waals surface area contributed by atoms with Crippen LogP contribution in [-0.4, -0.2) is 54.8 Å². The second kappa shape index (κ2) is 5.84. The first kappa shape index (κ1) is 13.0. The van der Waals surface area contributed by atoms with E-state index in [0.717, 1.165) is 6.42 Å². The fourth-order valence-corrected chi connectivity index (χ4v) is 1.74. The molecule has 2 amide bonds. The summed E-state index contributed by atoms with van der Waals surface area (Å²) in [6.45, 7) is 4.05. The van der Waals surface area contributed by atoms with Crippen molar-refractivity contribution in [1.29, 1.82) is 0 Å². The smallest absolute Gasteiger partial charge is 0.241 e. The number of nitrogens with zero attached hydrogens (tertiary/aromatic N) is 2. The van der Waals surface area contributed by atoms with Crippen molar-refractivity contribution in [2.45, 2.75) is 19.8 Å². The first-order chi connectivity index (χ1) is 7.58. The molecule has 92 valence electrons. The highest BCUT2D eigenvalue weighted by molar-refractivity contribution is 5.85. The Labute approximate surface area is 96.6 Å². The molecule has 2 N–H and O–H groups in total. The molecule has 0 aromatic heterocycles. The van der Waals surface area contributed by atoms with Crippen LogP contribution in [0.15, 0.2) is 0 Å². The molecule has 1 rings (SSSR count). The van der Waals surface area contributed by atoms with Gasteiger partial charge in [-0.2, -0.15) is 0 Å². The van der Waals surface area contributed by atoms with E-state index in [1.54, 1.807) is 16.8 Å². The normalized spacial score (nSPS) is 18.8. The molecule has 1 fully saturated rings. The van der Waals surface area contributed by atoms with E-state index in [4.69, 9.17) is 5.73 Å². The summed E-state index contributed by atoms with van der Waals surface area (Å²) in [6, 6.07) is 0. The van der Waals surface area contributed by atoms with Crippen LogP contribution in [0.1, 0.15) is 19.8 Å². The van der Waals surface area contributed by atoms with E-state index in [9.17, 15) is 9.59 Å². The standard InChI is InChI=1S/C11H21N3O2/c1-3-9(7-12)6-10(15)14-5-4-13(2)11(16)8-14/h9H,3-8,12H2,1-2H3.